The minimum absolute atomic E-state index is 0.0106. The Kier molecular flexibility index (Phi) is 4.26. The number of benzene rings is 9. The van der Waals surface area contributed by atoms with E-state index in [0.717, 1.165) is 55.0 Å². The minimum atomic E-state index is -0.615. The molecule has 1 aromatic heterocycles. The van der Waals surface area contributed by atoms with E-state index in [1.54, 1.807) is 6.07 Å². The van der Waals surface area contributed by atoms with Crippen LogP contribution in [0.4, 0.5) is 0 Å². The van der Waals surface area contributed by atoms with E-state index in [1.165, 1.54) is 0 Å². The van der Waals surface area contributed by atoms with Crippen molar-refractivity contribution >= 4 is 54.3 Å². The Morgan fingerprint density at radius 1 is 0.440 bits per heavy atom. The van der Waals surface area contributed by atoms with Crippen molar-refractivity contribution in [3.05, 3.63) is 193 Å². The number of rotatable bonds is 5. The molecule has 1 heteroatoms. The topological polar surface area (TPSA) is 13.1 Å². The Bertz CT molecular complexity index is 3520. The van der Waals surface area contributed by atoms with Gasteiger partial charge in [0.2, 0.25) is 0 Å². The van der Waals surface area contributed by atoms with E-state index in [9.17, 15) is 5.48 Å². The maximum Gasteiger partial charge on any atom is 0.136 e. The van der Waals surface area contributed by atoms with Crippen LogP contribution in [0.2, 0.25) is 0 Å². The Morgan fingerprint density at radius 2 is 1.08 bits per heavy atom. The average molecular weight is 650 g/mol. The molecule has 0 saturated carbocycles. The molecule has 0 radical (unpaired) electrons. The molecule has 234 valence electrons. The van der Waals surface area contributed by atoms with Crippen LogP contribution in [0.1, 0.15) is 28.9 Å². The van der Waals surface area contributed by atoms with Crippen molar-refractivity contribution in [1.29, 1.82) is 0 Å². The summed E-state index contributed by atoms with van der Waals surface area (Å²) in [4.78, 5) is 0. The van der Waals surface area contributed by atoms with E-state index < -0.39 is 85.0 Å². The fourth-order valence-corrected chi connectivity index (χ4v) is 7.16. The van der Waals surface area contributed by atoms with Crippen molar-refractivity contribution < 1.29 is 22.2 Å². The van der Waals surface area contributed by atoms with Gasteiger partial charge in [0.15, 0.2) is 0 Å². The summed E-state index contributed by atoms with van der Waals surface area (Å²) >= 11 is 0. The van der Waals surface area contributed by atoms with Gasteiger partial charge in [0.25, 0.3) is 0 Å². The van der Waals surface area contributed by atoms with Crippen molar-refractivity contribution in [3.8, 4) is 33.4 Å². The second kappa shape index (κ2) is 11.6. The van der Waals surface area contributed by atoms with Crippen molar-refractivity contribution in [2.24, 2.45) is 0 Å². The van der Waals surface area contributed by atoms with Crippen molar-refractivity contribution in [2.45, 2.75) is 6.42 Å². The molecule has 0 unspecified atom stereocenters. The third-order valence-electron chi connectivity index (χ3n) is 9.43. The van der Waals surface area contributed by atoms with Crippen LogP contribution >= 0.6 is 0 Å². The molecule has 1 nitrogen and oxygen atoms in total. The Balaban J connectivity index is 1.22. The van der Waals surface area contributed by atoms with Crippen LogP contribution in [-0.2, 0) is 6.42 Å². The first kappa shape index (κ1) is 18.4. The lowest BCUT2D eigenvalue weighted by molar-refractivity contribution is 0.669. The highest BCUT2D eigenvalue weighted by Crippen LogP contribution is 2.42. The van der Waals surface area contributed by atoms with E-state index in [-0.39, 0.29) is 38.2 Å². The Labute approximate surface area is 308 Å². The molecular formula is C49H32O. The fourth-order valence-electron chi connectivity index (χ4n) is 7.16. The molecule has 0 N–H and O–H groups in total. The third-order valence-corrected chi connectivity index (χ3v) is 9.43. The number of furan rings is 1. The molecule has 1 heterocycles. The summed E-state index contributed by atoms with van der Waals surface area (Å²) < 4.78 is 120. The zero-order valence-corrected chi connectivity index (χ0v) is 26.4. The van der Waals surface area contributed by atoms with Gasteiger partial charge in [-0.15, -0.1) is 0 Å². The summed E-state index contributed by atoms with van der Waals surface area (Å²) in [6, 6.07) is 26.6. The Hall–Kier alpha value is -6.44. The van der Waals surface area contributed by atoms with E-state index in [2.05, 4.69) is 18.2 Å². The highest BCUT2D eigenvalue weighted by molar-refractivity contribution is 6.16. The predicted molar refractivity (Wildman–Crippen MR) is 212 cm³/mol. The van der Waals surface area contributed by atoms with Gasteiger partial charge in [-0.2, -0.15) is 0 Å². The van der Waals surface area contributed by atoms with Gasteiger partial charge in [-0.05, 0) is 114 Å². The lowest BCUT2D eigenvalue weighted by Gasteiger charge is -2.18. The van der Waals surface area contributed by atoms with Gasteiger partial charge in [-0.1, -0.05) is 151 Å². The van der Waals surface area contributed by atoms with Crippen LogP contribution in [0.25, 0.3) is 87.6 Å². The number of hydrogen-bond acceptors (Lipinski definition) is 1. The molecule has 0 atom stereocenters. The van der Waals surface area contributed by atoms with Crippen LogP contribution in [-0.4, -0.2) is 0 Å². The van der Waals surface area contributed by atoms with Crippen LogP contribution in [0.3, 0.4) is 0 Å². The molecule has 0 amide bonds. The van der Waals surface area contributed by atoms with Gasteiger partial charge in [0, 0.05) is 10.8 Å². The molecule has 0 aliphatic heterocycles. The largest absolute Gasteiger partial charge is 0.456 e. The standard InChI is InChI=1S/C49H32O/c1-3-12-32(13-4-1)28-44-40-16-7-9-18-42(40)48(43-19-10-8-17-41(43)44)38-25-23-34-29-37(24-22-35(34)30-38)39-20-11-21-47-49(39)45-31-36(26-27-46(45)50-47)33-14-5-2-6-15-33/h1-27,29-31H,28H2/i1D,3D,4D,7D,8D,9D,10D,12D,13D,16D,17D,18D,19D. The first-order chi connectivity index (χ1) is 30.2. The lowest BCUT2D eigenvalue weighted by atomic mass is 9.86. The summed E-state index contributed by atoms with van der Waals surface area (Å²) in [5.41, 5.74) is 5.91. The van der Waals surface area contributed by atoms with Gasteiger partial charge in [0.05, 0.1) is 17.8 Å². The molecule has 50 heavy (non-hydrogen) atoms. The van der Waals surface area contributed by atoms with Crippen LogP contribution in [0.15, 0.2) is 186 Å². The van der Waals surface area contributed by atoms with E-state index in [1.807, 2.05) is 78.9 Å². The highest BCUT2D eigenvalue weighted by Gasteiger charge is 2.17. The van der Waals surface area contributed by atoms with Crippen molar-refractivity contribution in [1.82, 2.24) is 0 Å². The molecule has 0 fully saturated rings. The minimum Gasteiger partial charge on any atom is -0.456 e. The zero-order chi connectivity index (χ0) is 44.3. The van der Waals surface area contributed by atoms with Gasteiger partial charge in [0.1, 0.15) is 11.2 Å². The lowest BCUT2D eigenvalue weighted by Crippen LogP contribution is -1.95. The van der Waals surface area contributed by atoms with Crippen molar-refractivity contribution in [2.75, 3.05) is 0 Å². The summed E-state index contributed by atoms with van der Waals surface area (Å²) in [5.74, 6) is 0. The van der Waals surface area contributed by atoms with Crippen LogP contribution in [0, 0.1) is 0 Å². The first-order valence-corrected chi connectivity index (χ1v) is 16.2. The van der Waals surface area contributed by atoms with Crippen LogP contribution in [0.5, 0.6) is 0 Å². The second-order valence-electron chi connectivity index (χ2n) is 12.3. The molecule has 9 aromatic carbocycles. The zero-order valence-electron chi connectivity index (χ0n) is 39.4. The highest BCUT2D eigenvalue weighted by atomic mass is 16.3. The second-order valence-corrected chi connectivity index (χ2v) is 12.3. The van der Waals surface area contributed by atoms with Gasteiger partial charge in [-0.25, -0.2) is 0 Å². The van der Waals surface area contributed by atoms with Gasteiger partial charge < -0.3 is 4.42 Å². The van der Waals surface area contributed by atoms with Crippen molar-refractivity contribution in [3.63, 3.8) is 0 Å². The summed E-state index contributed by atoms with van der Waals surface area (Å²) in [6.07, 6.45) is -0.486. The molecule has 0 aliphatic carbocycles. The molecule has 0 spiro atoms. The van der Waals surface area contributed by atoms with E-state index >= 15 is 0 Å². The first-order valence-electron chi connectivity index (χ1n) is 22.7. The maximum atomic E-state index is 9.28. The summed E-state index contributed by atoms with van der Waals surface area (Å²) in [6.45, 7) is 0. The Morgan fingerprint density at radius 3 is 1.82 bits per heavy atom. The average Bonchev–Trinajstić information content (AvgIpc) is 3.69. The van der Waals surface area contributed by atoms with E-state index in [4.69, 9.17) is 16.8 Å². The maximum absolute atomic E-state index is 9.28. The monoisotopic (exact) mass is 649 g/mol. The molecule has 0 bridgehead atoms. The van der Waals surface area contributed by atoms with E-state index in [0.29, 0.717) is 5.56 Å². The SMILES string of the molecule is [2H]c1c([2H])c([2H])c(Cc2c3c([2H])c([2H])c([2H])c([2H])c3c(-c3ccc4cc(-c5cccc6oc7ccc(-c8ccccc8)cc7c56)ccc4c3)c3c([2H])c([2H])c([2H])c([2H])c23)c([2H])c1[2H]. The third kappa shape index (κ3) is 4.70. The molecule has 10 aromatic rings. The number of fused-ring (bicyclic) bond motifs is 6. The smallest absolute Gasteiger partial charge is 0.136 e. The predicted octanol–water partition coefficient (Wildman–Crippen LogP) is 13.6. The molecule has 0 saturated heterocycles. The molecule has 10 rings (SSSR count). The molecule has 0 aliphatic rings. The quantitative estimate of drug-likeness (QED) is 0.169. The van der Waals surface area contributed by atoms with Gasteiger partial charge >= 0.3 is 0 Å². The summed E-state index contributed by atoms with van der Waals surface area (Å²) in [5, 5.41) is 3.32. The summed E-state index contributed by atoms with van der Waals surface area (Å²) in [7, 11) is 0. The number of hydrogen-bond donors (Lipinski definition) is 0. The van der Waals surface area contributed by atoms with Gasteiger partial charge in [-0.3, -0.25) is 0 Å². The normalized spacial score (nSPS) is 15.3. The molecular weight excluding hydrogens is 605 g/mol. The fraction of sp³-hybridized carbons (Fsp3) is 0.0204. The van der Waals surface area contributed by atoms with Crippen LogP contribution < -0.4 is 0 Å².